The highest BCUT2D eigenvalue weighted by Gasteiger charge is 2.31. The van der Waals surface area contributed by atoms with Crippen LogP contribution in [0.1, 0.15) is 13.3 Å². The number of nitrogens with one attached hydrogen (secondary N) is 1. The average molecular weight is 344 g/mol. The van der Waals surface area contributed by atoms with Gasteiger partial charge < -0.3 is 20.7 Å². The molecule has 110 valence electrons. The summed E-state index contributed by atoms with van der Waals surface area (Å²) in [6.45, 7) is 4.13. The van der Waals surface area contributed by atoms with Gasteiger partial charge in [0.2, 0.25) is 5.91 Å². The van der Waals surface area contributed by atoms with Crippen molar-refractivity contribution in [2.24, 2.45) is 0 Å². The number of anilines is 2. The zero-order valence-electron chi connectivity index (χ0n) is 11.3. The van der Waals surface area contributed by atoms with Crippen molar-refractivity contribution in [2.45, 2.75) is 19.4 Å². The first-order valence-electron chi connectivity index (χ1n) is 6.53. The van der Waals surface area contributed by atoms with Crippen molar-refractivity contribution in [1.29, 1.82) is 0 Å². The largest absolute Gasteiger partial charge is 0.383 e. The van der Waals surface area contributed by atoms with E-state index in [2.05, 4.69) is 31.2 Å². The number of nitrogens with zero attached hydrogens (tertiary/aromatic N) is 3. The highest BCUT2D eigenvalue weighted by atomic mass is 79.9. The van der Waals surface area contributed by atoms with Crippen molar-refractivity contribution in [2.75, 3.05) is 36.9 Å². The fourth-order valence-electron chi connectivity index (χ4n) is 2.01. The predicted octanol–water partition coefficient (Wildman–Crippen LogP) is 0.553. The zero-order chi connectivity index (χ0) is 14.5. The first-order valence-corrected chi connectivity index (χ1v) is 7.32. The number of rotatable bonds is 4. The molecule has 1 unspecified atom stereocenters. The summed E-state index contributed by atoms with van der Waals surface area (Å²) in [6, 6.07) is -0.402. The Balaban J connectivity index is 2.22. The minimum absolute atomic E-state index is 0.0596. The maximum atomic E-state index is 12.2. The number of carbonyl (C=O) groups excluding carboxylic acids is 1. The maximum absolute atomic E-state index is 12.2. The maximum Gasteiger partial charge on any atom is 0.245 e. The third kappa shape index (κ3) is 3.18. The first-order chi connectivity index (χ1) is 9.65. The summed E-state index contributed by atoms with van der Waals surface area (Å²) in [5, 5.41) is 2.89. The van der Waals surface area contributed by atoms with Crippen LogP contribution in [0.2, 0.25) is 0 Å². The molecule has 0 radical (unpaired) electrons. The van der Waals surface area contributed by atoms with Crippen molar-refractivity contribution in [3.63, 3.8) is 0 Å². The molecule has 2 rings (SSSR count). The molecule has 0 aromatic carbocycles. The van der Waals surface area contributed by atoms with Gasteiger partial charge in [0.15, 0.2) is 0 Å². The molecule has 2 heterocycles. The first kappa shape index (κ1) is 15.0. The molecule has 7 nitrogen and oxygen atoms in total. The van der Waals surface area contributed by atoms with E-state index in [1.807, 2.05) is 11.8 Å². The number of amides is 1. The Hall–Kier alpha value is -1.41. The Morgan fingerprint density at radius 2 is 2.45 bits per heavy atom. The van der Waals surface area contributed by atoms with Gasteiger partial charge in [-0.2, -0.15) is 0 Å². The molecule has 8 heteroatoms. The molecule has 20 heavy (non-hydrogen) atoms. The Labute approximate surface area is 126 Å². The van der Waals surface area contributed by atoms with Gasteiger partial charge in [0.1, 0.15) is 28.5 Å². The van der Waals surface area contributed by atoms with Crippen LogP contribution in [0.3, 0.4) is 0 Å². The molecule has 0 bridgehead atoms. The van der Waals surface area contributed by atoms with E-state index in [4.69, 9.17) is 10.5 Å². The minimum atomic E-state index is -0.402. The van der Waals surface area contributed by atoms with E-state index in [1.165, 1.54) is 6.33 Å². The van der Waals surface area contributed by atoms with Gasteiger partial charge in [0.05, 0.1) is 13.2 Å². The summed E-state index contributed by atoms with van der Waals surface area (Å²) in [5.74, 6) is 0.919. The van der Waals surface area contributed by atoms with Gasteiger partial charge in [-0.1, -0.05) is 6.92 Å². The molecule has 0 saturated carbocycles. The van der Waals surface area contributed by atoms with Crippen molar-refractivity contribution in [3.8, 4) is 0 Å². The molecule has 3 N–H and O–H groups in total. The zero-order valence-corrected chi connectivity index (χ0v) is 12.9. The van der Waals surface area contributed by atoms with E-state index in [0.29, 0.717) is 42.4 Å². The van der Waals surface area contributed by atoms with Crippen LogP contribution in [0.5, 0.6) is 0 Å². The van der Waals surface area contributed by atoms with Gasteiger partial charge in [0, 0.05) is 13.1 Å². The number of hydrogen-bond acceptors (Lipinski definition) is 6. The third-order valence-corrected chi connectivity index (χ3v) is 3.81. The monoisotopic (exact) mass is 343 g/mol. The number of hydrogen-bond donors (Lipinski definition) is 2. The van der Waals surface area contributed by atoms with Gasteiger partial charge in [0.25, 0.3) is 0 Å². The lowest BCUT2D eigenvalue weighted by Crippen LogP contribution is -2.54. The SMILES string of the molecule is CCCNC(=O)C1COCCN1c1ncnc(N)c1Br. The summed E-state index contributed by atoms with van der Waals surface area (Å²) in [5.41, 5.74) is 5.77. The van der Waals surface area contributed by atoms with Crippen LogP contribution in [-0.4, -0.2) is 48.2 Å². The second-order valence-corrected chi connectivity index (χ2v) is 5.26. The van der Waals surface area contributed by atoms with Crippen molar-refractivity contribution in [3.05, 3.63) is 10.8 Å². The standard InChI is InChI=1S/C12H18BrN5O2/c1-2-3-15-12(19)8-6-20-5-4-18(8)11-9(13)10(14)16-7-17-11/h7-8H,2-6H2,1H3,(H,15,19)(H2,14,16,17). The van der Waals surface area contributed by atoms with E-state index < -0.39 is 6.04 Å². The molecule has 1 atom stereocenters. The second kappa shape index (κ2) is 6.85. The topological polar surface area (TPSA) is 93.4 Å². The fraction of sp³-hybridized carbons (Fsp3) is 0.583. The van der Waals surface area contributed by atoms with Crippen molar-refractivity contribution >= 4 is 33.5 Å². The lowest BCUT2D eigenvalue weighted by Gasteiger charge is -2.35. The van der Waals surface area contributed by atoms with Crippen LogP contribution in [0, 0.1) is 0 Å². The second-order valence-electron chi connectivity index (χ2n) is 4.47. The average Bonchev–Trinajstić information content (AvgIpc) is 2.47. The Kier molecular flexibility index (Phi) is 5.13. The fourth-order valence-corrected chi connectivity index (χ4v) is 2.45. The molecule has 1 aliphatic heterocycles. The van der Waals surface area contributed by atoms with Crippen molar-refractivity contribution < 1.29 is 9.53 Å². The number of nitrogen functional groups attached to an aromatic ring is 1. The minimum Gasteiger partial charge on any atom is -0.383 e. The Morgan fingerprint density at radius 3 is 3.20 bits per heavy atom. The van der Waals surface area contributed by atoms with Gasteiger partial charge in [-0.15, -0.1) is 0 Å². The van der Waals surface area contributed by atoms with E-state index in [0.717, 1.165) is 6.42 Å². The molecule has 1 aromatic rings. The van der Waals surface area contributed by atoms with E-state index in [1.54, 1.807) is 0 Å². The highest BCUT2D eigenvalue weighted by Crippen LogP contribution is 2.29. The van der Waals surface area contributed by atoms with Gasteiger partial charge in [-0.05, 0) is 22.4 Å². The molecular weight excluding hydrogens is 326 g/mol. The molecule has 0 spiro atoms. The quantitative estimate of drug-likeness (QED) is 0.829. The van der Waals surface area contributed by atoms with Gasteiger partial charge in [-0.25, -0.2) is 9.97 Å². The number of morpholine rings is 1. The Morgan fingerprint density at radius 1 is 1.65 bits per heavy atom. The van der Waals surface area contributed by atoms with E-state index >= 15 is 0 Å². The van der Waals surface area contributed by atoms with Gasteiger partial charge in [-0.3, -0.25) is 4.79 Å². The van der Waals surface area contributed by atoms with Crippen LogP contribution >= 0.6 is 15.9 Å². The number of ether oxygens (including phenoxy) is 1. The van der Waals surface area contributed by atoms with Crippen LogP contribution in [0.4, 0.5) is 11.6 Å². The summed E-state index contributed by atoms with van der Waals surface area (Å²) in [7, 11) is 0. The summed E-state index contributed by atoms with van der Waals surface area (Å²) < 4.78 is 6.02. The van der Waals surface area contributed by atoms with Crippen LogP contribution in [0.25, 0.3) is 0 Å². The van der Waals surface area contributed by atoms with E-state index in [-0.39, 0.29) is 5.91 Å². The van der Waals surface area contributed by atoms with Crippen molar-refractivity contribution in [1.82, 2.24) is 15.3 Å². The van der Waals surface area contributed by atoms with Crippen LogP contribution in [-0.2, 0) is 9.53 Å². The van der Waals surface area contributed by atoms with Crippen LogP contribution in [0.15, 0.2) is 10.8 Å². The van der Waals surface area contributed by atoms with Gasteiger partial charge >= 0.3 is 0 Å². The molecule has 1 aromatic heterocycles. The highest BCUT2D eigenvalue weighted by molar-refractivity contribution is 9.10. The number of nitrogens with two attached hydrogens (primary N) is 1. The summed E-state index contributed by atoms with van der Waals surface area (Å²) in [4.78, 5) is 22.3. The summed E-state index contributed by atoms with van der Waals surface area (Å²) >= 11 is 3.38. The number of carbonyl (C=O) groups is 1. The molecule has 1 aliphatic rings. The normalized spacial score (nSPS) is 18.9. The predicted molar refractivity (Wildman–Crippen MR) is 79.4 cm³/mol. The smallest absolute Gasteiger partial charge is 0.245 e. The molecule has 0 aliphatic carbocycles. The summed E-state index contributed by atoms with van der Waals surface area (Å²) in [6.07, 6.45) is 2.29. The lowest BCUT2D eigenvalue weighted by atomic mass is 10.2. The number of halogens is 1. The molecule has 1 amide bonds. The Bertz CT molecular complexity index is 485. The third-order valence-electron chi connectivity index (χ3n) is 3.05. The van der Waals surface area contributed by atoms with E-state index in [9.17, 15) is 4.79 Å². The molecule has 1 saturated heterocycles. The lowest BCUT2D eigenvalue weighted by molar-refractivity contribution is -0.124. The van der Waals surface area contributed by atoms with Crippen LogP contribution < -0.4 is 16.0 Å². The molecular formula is C12H18BrN5O2. The molecule has 1 fully saturated rings. The number of aromatic nitrogens is 2.